The Morgan fingerprint density at radius 2 is 1.97 bits per heavy atom. The van der Waals surface area contributed by atoms with E-state index in [9.17, 15) is 0 Å². The Hall–Kier alpha value is -3.58. The van der Waals surface area contributed by atoms with Crippen molar-refractivity contribution in [1.82, 2.24) is 34.3 Å². The summed E-state index contributed by atoms with van der Waals surface area (Å²) in [6.45, 7) is 5.25. The molecule has 0 N–H and O–H groups in total. The quantitative estimate of drug-likeness (QED) is 0.443. The van der Waals surface area contributed by atoms with Crippen LogP contribution in [0.15, 0.2) is 67.3 Å². The summed E-state index contributed by atoms with van der Waals surface area (Å²) in [4.78, 5) is 11.6. The maximum Gasteiger partial charge on any atom is 0.159 e. The molecule has 1 aromatic carbocycles. The zero-order valence-electron chi connectivity index (χ0n) is 17.9. The largest absolute Gasteiger partial charge is 0.297 e. The summed E-state index contributed by atoms with van der Waals surface area (Å²) < 4.78 is 4.10. The summed E-state index contributed by atoms with van der Waals surface area (Å²) in [7, 11) is 0. The Bertz CT molecular complexity index is 1470. The summed E-state index contributed by atoms with van der Waals surface area (Å²) in [5.74, 6) is 0. The minimum absolute atomic E-state index is 0.186. The Kier molecular flexibility index (Phi) is 3.64. The Morgan fingerprint density at radius 1 is 1.06 bits per heavy atom. The number of hydrogen-bond acceptors (Lipinski definition) is 5. The van der Waals surface area contributed by atoms with E-state index in [1.54, 1.807) is 0 Å². The molecular weight excluding hydrogens is 398 g/mol. The molecule has 7 rings (SSSR count). The monoisotopic (exact) mass is 421 g/mol. The van der Waals surface area contributed by atoms with Crippen molar-refractivity contribution in [2.24, 2.45) is 0 Å². The van der Waals surface area contributed by atoms with E-state index in [0.717, 1.165) is 53.9 Å². The number of benzene rings is 1. The molecule has 0 saturated carbocycles. The van der Waals surface area contributed by atoms with Gasteiger partial charge in [-0.2, -0.15) is 10.2 Å². The predicted octanol–water partition coefficient (Wildman–Crippen LogP) is 3.86. The minimum Gasteiger partial charge on any atom is -0.297 e. The number of para-hydroxylation sites is 1. The second-order valence-electron chi connectivity index (χ2n) is 9.31. The molecular formula is C25H23N7. The van der Waals surface area contributed by atoms with E-state index in [1.807, 2.05) is 47.5 Å². The lowest BCUT2D eigenvalue weighted by molar-refractivity contribution is 0.0558. The van der Waals surface area contributed by atoms with Crippen LogP contribution in [0.1, 0.15) is 30.6 Å². The Balaban J connectivity index is 1.17. The predicted molar refractivity (Wildman–Crippen MR) is 122 cm³/mol. The zero-order chi connectivity index (χ0) is 21.3. The van der Waals surface area contributed by atoms with Gasteiger partial charge in [-0.25, -0.2) is 9.50 Å². The van der Waals surface area contributed by atoms with Crippen LogP contribution in [0.5, 0.6) is 0 Å². The van der Waals surface area contributed by atoms with Gasteiger partial charge in [0.2, 0.25) is 0 Å². The van der Waals surface area contributed by atoms with Gasteiger partial charge in [-0.05, 0) is 37.6 Å². The van der Waals surface area contributed by atoms with Crippen LogP contribution in [-0.2, 0) is 12.0 Å². The van der Waals surface area contributed by atoms with Gasteiger partial charge in [-0.1, -0.05) is 18.2 Å². The van der Waals surface area contributed by atoms with E-state index in [0.29, 0.717) is 6.04 Å². The number of aromatic nitrogens is 6. The van der Waals surface area contributed by atoms with Crippen molar-refractivity contribution in [1.29, 1.82) is 0 Å². The topological polar surface area (TPSA) is 64.1 Å². The number of likely N-dealkylation sites (tertiary alicyclic amines) is 1. The highest BCUT2D eigenvalue weighted by Gasteiger charge is 2.51. The van der Waals surface area contributed by atoms with E-state index < -0.39 is 0 Å². The molecule has 1 spiro atoms. The van der Waals surface area contributed by atoms with Gasteiger partial charge in [0.1, 0.15) is 0 Å². The van der Waals surface area contributed by atoms with Gasteiger partial charge in [0.25, 0.3) is 0 Å². The van der Waals surface area contributed by atoms with E-state index in [2.05, 4.69) is 55.8 Å². The van der Waals surface area contributed by atoms with Crippen LogP contribution in [0.3, 0.4) is 0 Å². The maximum atomic E-state index is 5.00. The third-order valence-corrected chi connectivity index (χ3v) is 7.07. The molecule has 1 unspecified atom stereocenters. The van der Waals surface area contributed by atoms with Crippen molar-refractivity contribution < 1.29 is 0 Å². The molecule has 2 aliphatic rings. The van der Waals surface area contributed by atoms with E-state index in [4.69, 9.17) is 5.10 Å². The van der Waals surface area contributed by atoms with Gasteiger partial charge in [0.15, 0.2) is 5.65 Å². The summed E-state index contributed by atoms with van der Waals surface area (Å²) in [6, 6.07) is 15.0. The number of fused-ring (bicyclic) bond motifs is 4. The molecule has 0 bridgehead atoms. The molecule has 32 heavy (non-hydrogen) atoms. The van der Waals surface area contributed by atoms with Crippen LogP contribution < -0.4 is 0 Å². The summed E-state index contributed by atoms with van der Waals surface area (Å²) in [6.07, 6.45) is 8.82. The molecule has 7 heteroatoms. The maximum absolute atomic E-state index is 5.00. The smallest absolute Gasteiger partial charge is 0.159 e. The van der Waals surface area contributed by atoms with Crippen LogP contribution in [0, 0.1) is 0 Å². The van der Waals surface area contributed by atoms with Gasteiger partial charge >= 0.3 is 0 Å². The van der Waals surface area contributed by atoms with Gasteiger partial charge < -0.3 is 0 Å². The first kappa shape index (κ1) is 18.0. The summed E-state index contributed by atoms with van der Waals surface area (Å²) in [5.41, 5.74) is 6.81. The molecule has 0 aliphatic carbocycles. The first-order valence-electron chi connectivity index (χ1n) is 11.1. The summed E-state index contributed by atoms with van der Waals surface area (Å²) in [5, 5.41) is 10.6. The van der Waals surface area contributed by atoms with Crippen LogP contribution in [0.25, 0.3) is 27.8 Å². The molecule has 1 saturated heterocycles. The second kappa shape index (κ2) is 6.46. The van der Waals surface area contributed by atoms with E-state index >= 15 is 0 Å². The third-order valence-electron chi connectivity index (χ3n) is 7.07. The highest BCUT2D eigenvalue weighted by atomic mass is 15.4. The van der Waals surface area contributed by atoms with Crippen molar-refractivity contribution in [3.63, 3.8) is 0 Å². The first-order chi connectivity index (χ1) is 15.7. The highest BCUT2D eigenvalue weighted by molar-refractivity contribution is 5.82. The normalized spacial score (nSPS) is 19.6. The molecule has 6 heterocycles. The number of pyridine rings is 1. The van der Waals surface area contributed by atoms with E-state index in [1.165, 1.54) is 11.3 Å². The molecule has 1 fully saturated rings. The van der Waals surface area contributed by atoms with Gasteiger partial charge in [0, 0.05) is 65.8 Å². The number of rotatable bonds is 3. The fourth-order valence-electron chi connectivity index (χ4n) is 5.68. The fourth-order valence-corrected chi connectivity index (χ4v) is 5.68. The fraction of sp³-hybridized carbons (Fsp3) is 0.280. The Labute approximate surface area is 185 Å². The molecule has 0 radical (unpaired) electrons. The van der Waals surface area contributed by atoms with Crippen molar-refractivity contribution in [2.75, 3.05) is 13.1 Å². The van der Waals surface area contributed by atoms with Gasteiger partial charge in [-0.15, -0.1) is 0 Å². The lowest BCUT2D eigenvalue weighted by Gasteiger charge is -2.47. The number of nitrogens with zero attached hydrogens (tertiary/aromatic N) is 7. The minimum atomic E-state index is 0.186. The Morgan fingerprint density at radius 3 is 2.91 bits per heavy atom. The summed E-state index contributed by atoms with van der Waals surface area (Å²) >= 11 is 0. The molecule has 158 valence electrons. The van der Waals surface area contributed by atoms with Crippen LogP contribution >= 0.6 is 0 Å². The molecule has 7 nitrogen and oxygen atoms in total. The second-order valence-corrected chi connectivity index (χ2v) is 9.31. The average molecular weight is 422 g/mol. The van der Waals surface area contributed by atoms with Crippen LogP contribution in [-0.4, -0.2) is 47.4 Å². The standard InChI is InChI=1S/C25H23N7/c1-17-11-25(15-30(16-25)14-20-13-28-31-8-4-7-26-24(20)31)23-10-22(29-32(17)23)19-9-18-5-2-3-6-21(18)27-12-19/h2-10,12-13,17H,11,14-16H2,1H3. The molecule has 2 aliphatic heterocycles. The lowest BCUT2D eigenvalue weighted by Crippen LogP contribution is -2.57. The average Bonchev–Trinajstić information content (AvgIpc) is 3.48. The molecule has 0 amide bonds. The van der Waals surface area contributed by atoms with Crippen molar-refractivity contribution >= 4 is 16.6 Å². The van der Waals surface area contributed by atoms with Crippen molar-refractivity contribution in [3.05, 3.63) is 78.5 Å². The zero-order valence-corrected chi connectivity index (χ0v) is 17.9. The van der Waals surface area contributed by atoms with Gasteiger partial charge in [0.05, 0.1) is 23.4 Å². The van der Waals surface area contributed by atoms with E-state index in [-0.39, 0.29) is 5.41 Å². The highest BCUT2D eigenvalue weighted by Crippen LogP contribution is 2.48. The SMILES string of the molecule is CC1CC2(CN(Cc3cnn4cccnc34)C2)c2cc(-c3cnc4ccccc4c3)nn21. The molecule has 5 aromatic rings. The molecule has 1 atom stereocenters. The third kappa shape index (κ3) is 2.58. The van der Waals surface area contributed by atoms with Crippen molar-refractivity contribution in [3.8, 4) is 11.3 Å². The number of hydrogen-bond donors (Lipinski definition) is 0. The lowest BCUT2D eigenvalue weighted by atomic mass is 9.74. The van der Waals surface area contributed by atoms with Crippen LogP contribution in [0.4, 0.5) is 0 Å². The van der Waals surface area contributed by atoms with Crippen LogP contribution in [0.2, 0.25) is 0 Å². The van der Waals surface area contributed by atoms with Crippen molar-refractivity contribution in [2.45, 2.75) is 31.3 Å². The van der Waals surface area contributed by atoms with Gasteiger partial charge in [-0.3, -0.25) is 14.6 Å². The first-order valence-corrected chi connectivity index (χ1v) is 11.1. The molecule has 4 aromatic heterocycles.